The van der Waals surface area contributed by atoms with Crippen molar-refractivity contribution in [3.8, 4) is 6.01 Å². The van der Waals surface area contributed by atoms with Crippen LogP contribution < -0.4 is 15.8 Å². The maximum Gasteiger partial charge on any atom is 0.323 e. The van der Waals surface area contributed by atoms with Crippen LogP contribution >= 0.6 is 0 Å². The lowest BCUT2D eigenvalue weighted by atomic mass is 10.2. The van der Waals surface area contributed by atoms with Crippen molar-refractivity contribution in [2.24, 2.45) is 0 Å². The van der Waals surface area contributed by atoms with Gasteiger partial charge in [-0.05, 0) is 38.0 Å². The van der Waals surface area contributed by atoms with Crippen molar-refractivity contribution in [2.75, 3.05) is 11.1 Å². The van der Waals surface area contributed by atoms with Gasteiger partial charge in [-0.3, -0.25) is 4.98 Å². The van der Waals surface area contributed by atoms with Crippen molar-refractivity contribution < 1.29 is 4.74 Å². The predicted molar refractivity (Wildman–Crippen MR) is 76.3 cm³/mol. The molecule has 0 bridgehead atoms. The highest BCUT2D eigenvalue weighted by molar-refractivity contribution is 5.34. The van der Waals surface area contributed by atoms with E-state index in [0.717, 1.165) is 11.1 Å². The molecule has 0 unspecified atom stereocenters. The van der Waals surface area contributed by atoms with Gasteiger partial charge in [0.25, 0.3) is 0 Å². The van der Waals surface area contributed by atoms with Crippen LogP contribution in [0.25, 0.3) is 0 Å². The minimum Gasteiger partial charge on any atom is -0.461 e. The molecule has 0 fully saturated rings. The third-order valence-electron chi connectivity index (χ3n) is 2.56. The molecule has 0 atom stereocenters. The fourth-order valence-electron chi connectivity index (χ4n) is 1.57. The van der Waals surface area contributed by atoms with Crippen molar-refractivity contribution in [3.05, 3.63) is 29.6 Å². The number of aryl methyl sites for hydroxylation is 1. The number of nitrogens with zero attached hydrogens (tertiary/aromatic N) is 4. The van der Waals surface area contributed by atoms with Crippen LogP contribution in [0.15, 0.2) is 18.5 Å². The first-order valence-corrected chi connectivity index (χ1v) is 6.36. The lowest BCUT2D eigenvalue weighted by Crippen LogP contribution is -2.13. The van der Waals surface area contributed by atoms with E-state index in [9.17, 15) is 0 Å². The third-order valence-corrected chi connectivity index (χ3v) is 2.56. The van der Waals surface area contributed by atoms with Gasteiger partial charge in [0.15, 0.2) is 0 Å². The zero-order chi connectivity index (χ0) is 14.5. The number of nitrogen functional groups attached to an aromatic ring is 1. The molecule has 0 aromatic carbocycles. The normalized spacial score (nSPS) is 10.6. The number of rotatable bonds is 5. The Hall–Kier alpha value is -2.44. The predicted octanol–water partition coefficient (Wildman–Crippen LogP) is 1.56. The molecule has 0 saturated heterocycles. The van der Waals surface area contributed by atoms with Gasteiger partial charge in [-0.15, -0.1) is 0 Å². The molecular weight excluding hydrogens is 256 g/mol. The van der Waals surface area contributed by atoms with Crippen LogP contribution in [0.3, 0.4) is 0 Å². The van der Waals surface area contributed by atoms with Gasteiger partial charge < -0.3 is 15.8 Å². The molecule has 0 aliphatic rings. The van der Waals surface area contributed by atoms with Crippen LogP contribution in [0.4, 0.5) is 11.9 Å². The first kappa shape index (κ1) is 14.0. The Morgan fingerprint density at radius 1 is 1.30 bits per heavy atom. The molecule has 3 N–H and O–H groups in total. The minimum absolute atomic E-state index is 0.0229. The quantitative estimate of drug-likeness (QED) is 0.853. The number of hydrogen-bond acceptors (Lipinski definition) is 7. The van der Waals surface area contributed by atoms with Gasteiger partial charge in [0, 0.05) is 18.9 Å². The van der Waals surface area contributed by atoms with Crippen LogP contribution in [0, 0.1) is 6.92 Å². The number of nitrogens with one attached hydrogen (secondary N) is 1. The van der Waals surface area contributed by atoms with Gasteiger partial charge in [0.1, 0.15) is 0 Å². The molecule has 0 aliphatic heterocycles. The number of hydrogen-bond donors (Lipinski definition) is 2. The van der Waals surface area contributed by atoms with Crippen LogP contribution in [0.2, 0.25) is 0 Å². The molecule has 20 heavy (non-hydrogen) atoms. The Morgan fingerprint density at radius 3 is 2.80 bits per heavy atom. The molecular formula is C13H18N6O. The first-order chi connectivity index (χ1) is 9.54. The molecule has 0 spiro atoms. The topological polar surface area (TPSA) is 98.8 Å². The molecule has 7 nitrogen and oxygen atoms in total. The fraction of sp³-hybridized carbons (Fsp3) is 0.385. The van der Waals surface area contributed by atoms with E-state index in [1.165, 1.54) is 0 Å². The molecule has 2 rings (SSSR count). The summed E-state index contributed by atoms with van der Waals surface area (Å²) in [6.07, 6.45) is 3.54. The maximum absolute atomic E-state index is 5.64. The molecule has 0 amide bonds. The zero-order valence-electron chi connectivity index (χ0n) is 11.8. The molecule has 106 valence electrons. The fourth-order valence-corrected chi connectivity index (χ4v) is 1.57. The average Bonchev–Trinajstić information content (AvgIpc) is 2.36. The SMILES string of the molecule is Cc1ccncc1CNc1nc(N)nc(OC(C)C)n1. The Morgan fingerprint density at radius 2 is 2.10 bits per heavy atom. The largest absolute Gasteiger partial charge is 0.461 e. The van der Waals surface area contributed by atoms with Crippen LogP contribution in [0.5, 0.6) is 6.01 Å². The van der Waals surface area contributed by atoms with Crippen molar-refractivity contribution in [2.45, 2.75) is 33.4 Å². The van der Waals surface area contributed by atoms with Gasteiger partial charge in [-0.2, -0.15) is 15.0 Å². The Kier molecular flexibility index (Phi) is 4.29. The monoisotopic (exact) mass is 274 g/mol. The molecule has 0 aliphatic carbocycles. The summed E-state index contributed by atoms with van der Waals surface area (Å²) in [7, 11) is 0. The van der Waals surface area contributed by atoms with Crippen LogP contribution in [0.1, 0.15) is 25.0 Å². The molecule has 2 heterocycles. The van der Waals surface area contributed by atoms with Crippen LogP contribution in [-0.2, 0) is 6.54 Å². The summed E-state index contributed by atoms with van der Waals surface area (Å²) in [5.41, 5.74) is 7.85. The minimum atomic E-state index is -0.0229. The van der Waals surface area contributed by atoms with E-state index in [1.807, 2.05) is 26.8 Å². The van der Waals surface area contributed by atoms with Gasteiger partial charge in [-0.25, -0.2) is 0 Å². The highest BCUT2D eigenvalue weighted by Gasteiger charge is 2.07. The lowest BCUT2D eigenvalue weighted by molar-refractivity contribution is 0.222. The summed E-state index contributed by atoms with van der Waals surface area (Å²) < 4.78 is 5.42. The zero-order valence-corrected chi connectivity index (χ0v) is 11.8. The Bertz CT molecular complexity index is 587. The third kappa shape index (κ3) is 3.78. The molecule has 2 aromatic heterocycles. The standard InChI is InChI=1S/C13H18N6O/c1-8(2)20-13-18-11(14)17-12(19-13)16-7-10-6-15-5-4-9(10)3/h4-6,8H,7H2,1-3H3,(H3,14,16,17,18,19). The van der Waals surface area contributed by atoms with Crippen molar-refractivity contribution in [3.63, 3.8) is 0 Å². The van der Waals surface area contributed by atoms with E-state index >= 15 is 0 Å². The van der Waals surface area contributed by atoms with Crippen molar-refractivity contribution >= 4 is 11.9 Å². The van der Waals surface area contributed by atoms with E-state index in [1.54, 1.807) is 12.4 Å². The summed E-state index contributed by atoms with van der Waals surface area (Å²) >= 11 is 0. The van der Waals surface area contributed by atoms with Crippen LogP contribution in [-0.4, -0.2) is 26.0 Å². The van der Waals surface area contributed by atoms with Gasteiger partial charge in [0.2, 0.25) is 11.9 Å². The number of nitrogens with two attached hydrogens (primary N) is 1. The van der Waals surface area contributed by atoms with Gasteiger partial charge >= 0.3 is 6.01 Å². The number of pyridine rings is 1. The van der Waals surface area contributed by atoms with E-state index < -0.39 is 0 Å². The van der Waals surface area contributed by atoms with Crippen molar-refractivity contribution in [1.29, 1.82) is 0 Å². The average molecular weight is 274 g/mol. The number of anilines is 2. The second-order valence-corrected chi connectivity index (χ2v) is 4.62. The summed E-state index contributed by atoms with van der Waals surface area (Å²) in [5, 5.41) is 3.09. The van der Waals surface area contributed by atoms with E-state index in [4.69, 9.17) is 10.5 Å². The summed E-state index contributed by atoms with van der Waals surface area (Å²) in [6, 6.07) is 2.17. The smallest absolute Gasteiger partial charge is 0.323 e. The first-order valence-electron chi connectivity index (χ1n) is 6.36. The number of ether oxygens (including phenoxy) is 1. The van der Waals surface area contributed by atoms with E-state index in [0.29, 0.717) is 12.5 Å². The second-order valence-electron chi connectivity index (χ2n) is 4.62. The van der Waals surface area contributed by atoms with Gasteiger partial charge in [0.05, 0.1) is 6.10 Å². The highest BCUT2D eigenvalue weighted by atomic mass is 16.5. The lowest BCUT2D eigenvalue weighted by Gasteiger charge is -2.10. The van der Waals surface area contributed by atoms with E-state index in [-0.39, 0.29) is 18.1 Å². The Balaban J connectivity index is 2.09. The molecule has 7 heteroatoms. The highest BCUT2D eigenvalue weighted by Crippen LogP contribution is 2.12. The summed E-state index contributed by atoms with van der Waals surface area (Å²) in [6.45, 7) is 6.37. The molecule has 0 saturated carbocycles. The maximum atomic E-state index is 5.64. The second kappa shape index (κ2) is 6.14. The molecule has 2 aromatic rings. The number of aromatic nitrogens is 4. The van der Waals surface area contributed by atoms with E-state index in [2.05, 4.69) is 25.3 Å². The van der Waals surface area contributed by atoms with Crippen molar-refractivity contribution in [1.82, 2.24) is 19.9 Å². The summed E-state index contributed by atoms with van der Waals surface area (Å²) in [5.74, 6) is 0.512. The summed E-state index contributed by atoms with van der Waals surface area (Å²) in [4.78, 5) is 16.2. The molecule has 0 radical (unpaired) electrons. The Labute approximate surface area is 117 Å². The van der Waals surface area contributed by atoms with Gasteiger partial charge in [-0.1, -0.05) is 0 Å².